The maximum Gasteiger partial charge on any atom is 0.201 e. The third kappa shape index (κ3) is 3.90. The Balaban J connectivity index is 1.91. The van der Waals surface area contributed by atoms with Gasteiger partial charge in [0.25, 0.3) is 0 Å². The summed E-state index contributed by atoms with van der Waals surface area (Å²) in [5.41, 5.74) is 1.27. The molecule has 2 atom stereocenters. The van der Waals surface area contributed by atoms with E-state index >= 15 is 0 Å². The molecule has 0 aliphatic carbocycles. The smallest absolute Gasteiger partial charge is 0.201 e. The minimum Gasteiger partial charge on any atom is -0.450 e. The first kappa shape index (κ1) is 20.7. The number of rotatable bonds is 5. The highest BCUT2D eigenvalue weighted by molar-refractivity contribution is 5.51. The van der Waals surface area contributed by atoms with Gasteiger partial charge in [0.2, 0.25) is 5.82 Å². The van der Waals surface area contributed by atoms with Gasteiger partial charge in [-0.15, -0.1) is 0 Å². The van der Waals surface area contributed by atoms with Crippen molar-refractivity contribution < 1.29 is 22.6 Å². The van der Waals surface area contributed by atoms with Crippen LogP contribution in [0, 0.1) is 17.6 Å². The fraction of sp³-hybridized carbons (Fsp3) is 0.478. The number of fused-ring (bicyclic) bond motifs is 1. The number of allylic oxidation sites excluding steroid dienone is 3. The van der Waals surface area contributed by atoms with Crippen LogP contribution in [0.15, 0.2) is 42.0 Å². The average molecular weight is 392 g/mol. The molecule has 28 heavy (non-hydrogen) atoms. The second kappa shape index (κ2) is 8.56. The zero-order chi connectivity index (χ0) is 20.4. The third-order valence-electron chi connectivity index (χ3n) is 5.55. The lowest BCUT2D eigenvalue weighted by Gasteiger charge is -2.31. The molecule has 5 heteroatoms. The van der Waals surface area contributed by atoms with Gasteiger partial charge >= 0.3 is 0 Å². The molecule has 0 bridgehead atoms. The van der Waals surface area contributed by atoms with Crippen molar-refractivity contribution in [2.45, 2.75) is 58.5 Å². The van der Waals surface area contributed by atoms with Crippen LogP contribution in [0.5, 0.6) is 5.75 Å². The van der Waals surface area contributed by atoms with Crippen molar-refractivity contribution in [3.63, 3.8) is 0 Å². The lowest BCUT2D eigenvalue weighted by molar-refractivity contribution is -0.0215. The summed E-state index contributed by atoms with van der Waals surface area (Å²) in [4.78, 5) is 0. The summed E-state index contributed by atoms with van der Waals surface area (Å²) in [5.74, 6) is -2.73. The molecule has 2 aliphatic heterocycles. The van der Waals surface area contributed by atoms with Crippen LogP contribution in [0.3, 0.4) is 0 Å². The number of benzene rings is 1. The summed E-state index contributed by atoms with van der Waals surface area (Å²) in [6.45, 7) is 11.9. The minimum absolute atomic E-state index is 0.165. The van der Waals surface area contributed by atoms with Gasteiger partial charge in [-0.2, -0.15) is 4.39 Å². The quantitative estimate of drug-likeness (QED) is 0.544. The Kier molecular flexibility index (Phi) is 6.33. The lowest BCUT2D eigenvalue weighted by atomic mass is 9.89. The van der Waals surface area contributed by atoms with Gasteiger partial charge in [0.05, 0.1) is 12.7 Å². The van der Waals surface area contributed by atoms with E-state index in [9.17, 15) is 13.2 Å². The van der Waals surface area contributed by atoms with Crippen LogP contribution < -0.4 is 4.74 Å². The Morgan fingerprint density at radius 3 is 2.57 bits per heavy atom. The van der Waals surface area contributed by atoms with Crippen LogP contribution in [-0.4, -0.2) is 6.61 Å². The summed E-state index contributed by atoms with van der Waals surface area (Å²) < 4.78 is 55.3. The van der Waals surface area contributed by atoms with Crippen molar-refractivity contribution in [2.24, 2.45) is 5.92 Å². The molecule has 0 N–H and O–H groups in total. The maximum absolute atomic E-state index is 14.8. The lowest BCUT2D eigenvalue weighted by Crippen LogP contribution is -2.22. The molecular weight excluding hydrogens is 365 g/mol. The Morgan fingerprint density at radius 1 is 1.21 bits per heavy atom. The van der Waals surface area contributed by atoms with Crippen molar-refractivity contribution in [2.75, 3.05) is 6.61 Å². The van der Waals surface area contributed by atoms with Crippen LogP contribution in [0.4, 0.5) is 13.2 Å². The first-order valence-electron chi connectivity index (χ1n) is 9.93. The molecule has 1 saturated heterocycles. The van der Waals surface area contributed by atoms with Gasteiger partial charge in [-0.3, -0.25) is 0 Å². The van der Waals surface area contributed by atoms with Gasteiger partial charge in [-0.05, 0) is 48.8 Å². The zero-order valence-corrected chi connectivity index (χ0v) is 16.5. The summed E-state index contributed by atoms with van der Waals surface area (Å²) in [5, 5.41) is 0. The highest BCUT2D eigenvalue weighted by Crippen LogP contribution is 2.42. The third-order valence-corrected chi connectivity index (χ3v) is 5.55. The molecule has 2 unspecified atom stereocenters. The van der Waals surface area contributed by atoms with E-state index in [-0.39, 0.29) is 29.1 Å². The van der Waals surface area contributed by atoms with Crippen LogP contribution >= 0.6 is 0 Å². The van der Waals surface area contributed by atoms with Gasteiger partial charge in [-0.1, -0.05) is 33.4 Å². The molecular formula is C23H27F3O2. The van der Waals surface area contributed by atoms with Crippen molar-refractivity contribution in [3.05, 3.63) is 64.7 Å². The van der Waals surface area contributed by atoms with E-state index in [4.69, 9.17) is 9.47 Å². The Labute approximate surface area is 164 Å². The minimum atomic E-state index is -1.10. The van der Waals surface area contributed by atoms with Crippen molar-refractivity contribution >= 4 is 0 Å². The predicted molar refractivity (Wildman–Crippen MR) is 104 cm³/mol. The van der Waals surface area contributed by atoms with E-state index in [2.05, 4.69) is 20.1 Å². The van der Waals surface area contributed by atoms with E-state index in [1.807, 2.05) is 0 Å². The highest BCUT2D eigenvalue weighted by Gasteiger charge is 2.32. The summed E-state index contributed by atoms with van der Waals surface area (Å²) in [6, 6.07) is 1.58. The molecule has 152 valence electrons. The van der Waals surface area contributed by atoms with Crippen molar-refractivity contribution in [3.8, 4) is 5.75 Å². The normalized spacial score (nSPS) is 23.8. The van der Waals surface area contributed by atoms with E-state index < -0.39 is 23.6 Å². The maximum atomic E-state index is 14.8. The molecule has 0 amide bonds. The standard InChI is InChI=1S/C23H27F3O2/c1-5-7-15-8-9-18(27-12-15)17-11-16-10-14(4)22(19(24)13(3)6-2)28-23(16)21(26)20(17)25/h11,15,18H,3-10,12H2,1-2H3/b22-19-. The van der Waals surface area contributed by atoms with Crippen LogP contribution in [0.2, 0.25) is 0 Å². The van der Waals surface area contributed by atoms with Gasteiger partial charge in [-0.25, -0.2) is 8.78 Å². The van der Waals surface area contributed by atoms with Gasteiger partial charge in [0, 0.05) is 17.5 Å². The van der Waals surface area contributed by atoms with Gasteiger partial charge < -0.3 is 9.47 Å². The van der Waals surface area contributed by atoms with E-state index in [0.29, 0.717) is 36.5 Å². The van der Waals surface area contributed by atoms with Crippen LogP contribution in [-0.2, 0) is 11.2 Å². The number of hydrogen-bond donors (Lipinski definition) is 0. The van der Waals surface area contributed by atoms with Crippen molar-refractivity contribution in [1.82, 2.24) is 0 Å². The van der Waals surface area contributed by atoms with E-state index in [1.54, 1.807) is 13.0 Å². The highest BCUT2D eigenvalue weighted by atomic mass is 19.2. The molecule has 1 aromatic rings. The molecule has 0 aromatic heterocycles. The molecule has 0 saturated carbocycles. The number of ether oxygens (including phenoxy) is 2. The fourth-order valence-electron chi connectivity index (χ4n) is 3.85. The number of hydrogen-bond acceptors (Lipinski definition) is 2. The molecule has 2 aliphatic rings. The fourth-order valence-corrected chi connectivity index (χ4v) is 3.85. The second-order valence-corrected chi connectivity index (χ2v) is 7.62. The molecule has 2 nitrogen and oxygen atoms in total. The largest absolute Gasteiger partial charge is 0.450 e. The molecule has 1 fully saturated rings. The summed E-state index contributed by atoms with van der Waals surface area (Å²) in [7, 11) is 0. The summed E-state index contributed by atoms with van der Waals surface area (Å²) in [6.07, 6.45) is 3.82. The zero-order valence-electron chi connectivity index (χ0n) is 16.5. The Bertz CT molecular complexity index is 818. The Morgan fingerprint density at radius 2 is 1.96 bits per heavy atom. The van der Waals surface area contributed by atoms with E-state index in [1.165, 1.54) is 0 Å². The molecule has 1 aromatic carbocycles. The summed E-state index contributed by atoms with van der Waals surface area (Å²) >= 11 is 0. The second-order valence-electron chi connectivity index (χ2n) is 7.62. The van der Waals surface area contributed by atoms with Crippen molar-refractivity contribution in [1.29, 1.82) is 0 Å². The predicted octanol–water partition coefficient (Wildman–Crippen LogP) is 6.87. The molecule has 2 heterocycles. The average Bonchev–Trinajstić information content (AvgIpc) is 2.70. The first-order valence-corrected chi connectivity index (χ1v) is 9.93. The molecule has 0 spiro atoms. The van der Waals surface area contributed by atoms with E-state index in [0.717, 1.165) is 19.3 Å². The van der Waals surface area contributed by atoms with Crippen LogP contribution in [0.1, 0.15) is 63.2 Å². The topological polar surface area (TPSA) is 18.5 Å². The SMILES string of the molecule is C=C(CC)/C(F)=C1/Oc2c(cc(C3CCC(CCC)CO3)c(F)c2F)CC1=C. The number of halogens is 3. The van der Waals surface area contributed by atoms with Gasteiger partial charge in [0.15, 0.2) is 23.2 Å². The Hall–Kier alpha value is -2.01. The molecule has 3 rings (SSSR count). The molecule has 0 radical (unpaired) electrons. The first-order chi connectivity index (χ1) is 13.4. The monoisotopic (exact) mass is 392 g/mol. The van der Waals surface area contributed by atoms with Gasteiger partial charge in [0.1, 0.15) is 0 Å². The van der Waals surface area contributed by atoms with Crippen LogP contribution in [0.25, 0.3) is 0 Å².